The fourth-order valence-corrected chi connectivity index (χ4v) is 7.18. The number of hydrogen-bond donors (Lipinski definition) is 4. The molecule has 4 aromatic carbocycles. The molecule has 0 radical (unpaired) electrons. The Hall–Kier alpha value is -5.44. The minimum absolute atomic E-state index is 0.0244. The molecular weight excluding hydrogens is 606 g/mol. The lowest BCUT2D eigenvalue weighted by atomic mass is 9.87. The molecule has 0 saturated carbocycles. The Kier molecular flexibility index (Phi) is 9.04. The summed E-state index contributed by atoms with van der Waals surface area (Å²) in [5.41, 5.74) is 15.1. The Morgan fingerprint density at radius 2 is 1.60 bits per heavy atom. The predicted octanol–water partition coefficient (Wildman–Crippen LogP) is 7.85. The Labute approximate surface area is 278 Å². The first-order valence-corrected chi connectivity index (χ1v) is 16.4. The molecular formula is C39H39N3O6. The molecule has 0 aliphatic carbocycles. The molecule has 9 nitrogen and oxygen atoms in total. The zero-order valence-corrected chi connectivity index (χ0v) is 27.1. The standard InChI is InChI=1S/C39H39N3O6/c1-22-13-14-26-21-42(39(48)31(26)19-22)33-10-6-9-27(23(33)2)28-17-18-30(38(40)47)37-36(28)29-16-15-25(20-32(29)41-37)24(8-5-12-35(45)46)7-3-4-11-34(43)44/h6,9-10,13-20,24,41H,3-5,7-8,11-12,21H2,1-2H3,(H2,40,47)(H,43,44)(H,45,46). The number of aryl methyl sites for hydroxylation is 1. The van der Waals surface area contributed by atoms with Crippen LogP contribution in [0.5, 0.6) is 0 Å². The van der Waals surface area contributed by atoms with E-state index < -0.39 is 17.8 Å². The van der Waals surface area contributed by atoms with Crippen LogP contribution in [0.4, 0.5) is 5.69 Å². The first-order chi connectivity index (χ1) is 23.0. The molecule has 2 heterocycles. The average Bonchev–Trinajstić information content (AvgIpc) is 3.58. The maximum Gasteiger partial charge on any atom is 0.303 e. The third-order valence-corrected chi connectivity index (χ3v) is 9.61. The number of aromatic amines is 1. The van der Waals surface area contributed by atoms with Crippen molar-refractivity contribution in [3.63, 3.8) is 0 Å². The van der Waals surface area contributed by atoms with Gasteiger partial charge in [0.05, 0.1) is 17.6 Å². The van der Waals surface area contributed by atoms with E-state index in [-0.39, 0.29) is 24.7 Å². The van der Waals surface area contributed by atoms with Gasteiger partial charge in [-0.25, -0.2) is 0 Å². The highest BCUT2D eigenvalue weighted by Crippen LogP contribution is 2.42. The number of carboxylic acids is 2. The number of nitrogens with two attached hydrogens (primary N) is 1. The maximum absolute atomic E-state index is 13.5. The topological polar surface area (TPSA) is 154 Å². The first-order valence-electron chi connectivity index (χ1n) is 16.4. The molecule has 0 saturated heterocycles. The van der Waals surface area contributed by atoms with Gasteiger partial charge >= 0.3 is 11.9 Å². The Morgan fingerprint density at radius 3 is 2.35 bits per heavy atom. The molecule has 2 amide bonds. The minimum Gasteiger partial charge on any atom is -0.481 e. The van der Waals surface area contributed by atoms with Crippen molar-refractivity contribution in [1.29, 1.82) is 0 Å². The maximum atomic E-state index is 13.5. The minimum atomic E-state index is -0.842. The summed E-state index contributed by atoms with van der Waals surface area (Å²) in [7, 11) is 0. The van der Waals surface area contributed by atoms with Crippen LogP contribution in [0, 0.1) is 13.8 Å². The highest BCUT2D eigenvalue weighted by molar-refractivity contribution is 6.20. The van der Waals surface area contributed by atoms with Gasteiger partial charge in [0.25, 0.3) is 11.8 Å². The number of rotatable bonds is 13. The summed E-state index contributed by atoms with van der Waals surface area (Å²) in [5.74, 6) is -2.20. The fraction of sp³-hybridized carbons (Fsp3) is 0.282. The smallest absolute Gasteiger partial charge is 0.303 e. The second kappa shape index (κ2) is 13.4. The quantitative estimate of drug-likeness (QED) is 0.0957. The number of aliphatic carboxylic acids is 2. The van der Waals surface area contributed by atoms with E-state index in [1.165, 1.54) is 0 Å². The zero-order chi connectivity index (χ0) is 34.1. The van der Waals surface area contributed by atoms with Gasteiger partial charge in [-0.1, -0.05) is 54.4 Å². The van der Waals surface area contributed by atoms with Gasteiger partial charge in [-0.05, 0) is 97.5 Å². The van der Waals surface area contributed by atoms with E-state index in [1.807, 2.05) is 73.3 Å². The van der Waals surface area contributed by atoms with Crippen LogP contribution in [0.15, 0.2) is 66.7 Å². The number of H-pyrrole nitrogens is 1. The number of fused-ring (bicyclic) bond motifs is 4. The number of nitrogens with zero attached hydrogens (tertiary/aromatic N) is 1. The fourth-order valence-electron chi connectivity index (χ4n) is 7.18. The molecule has 9 heteroatoms. The molecule has 0 spiro atoms. The summed E-state index contributed by atoms with van der Waals surface area (Å²) in [6.07, 6.45) is 3.34. The number of carbonyl (C=O) groups is 4. The molecule has 1 unspecified atom stereocenters. The second-order valence-corrected chi connectivity index (χ2v) is 12.8. The number of nitrogens with one attached hydrogen (secondary N) is 1. The van der Waals surface area contributed by atoms with E-state index in [4.69, 9.17) is 10.8 Å². The number of anilines is 1. The van der Waals surface area contributed by atoms with Crippen LogP contribution >= 0.6 is 0 Å². The van der Waals surface area contributed by atoms with Gasteiger partial charge in [0, 0.05) is 40.4 Å². The van der Waals surface area contributed by atoms with Crippen molar-refractivity contribution < 1.29 is 29.4 Å². The van der Waals surface area contributed by atoms with E-state index in [1.54, 1.807) is 6.07 Å². The number of carbonyl (C=O) groups excluding carboxylic acids is 2. The van der Waals surface area contributed by atoms with Gasteiger partial charge in [0.2, 0.25) is 0 Å². The second-order valence-electron chi connectivity index (χ2n) is 12.8. The van der Waals surface area contributed by atoms with Crippen LogP contribution in [0.2, 0.25) is 0 Å². The largest absolute Gasteiger partial charge is 0.481 e. The van der Waals surface area contributed by atoms with Crippen LogP contribution < -0.4 is 10.6 Å². The molecule has 1 aliphatic rings. The summed E-state index contributed by atoms with van der Waals surface area (Å²) in [6.45, 7) is 4.49. The molecule has 1 aliphatic heterocycles. The van der Waals surface area contributed by atoms with Gasteiger partial charge in [0.1, 0.15) is 0 Å². The average molecular weight is 646 g/mol. The van der Waals surface area contributed by atoms with Crippen molar-refractivity contribution in [2.45, 2.75) is 71.3 Å². The van der Waals surface area contributed by atoms with Crippen LogP contribution in [0.3, 0.4) is 0 Å². The predicted molar refractivity (Wildman–Crippen MR) is 187 cm³/mol. The van der Waals surface area contributed by atoms with Crippen molar-refractivity contribution in [3.8, 4) is 11.1 Å². The van der Waals surface area contributed by atoms with Gasteiger partial charge in [-0.15, -0.1) is 0 Å². The van der Waals surface area contributed by atoms with Crippen LogP contribution in [-0.2, 0) is 16.1 Å². The molecule has 0 bridgehead atoms. The lowest BCUT2D eigenvalue weighted by Gasteiger charge is -2.21. The van der Waals surface area contributed by atoms with Crippen molar-refractivity contribution in [3.05, 3.63) is 100 Å². The summed E-state index contributed by atoms with van der Waals surface area (Å²) in [5, 5.41) is 20.1. The van der Waals surface area contributed by atoms with E-state index >= 15 is 0 Å². The van der Waals surface area contributed by atoms with E-state index in [0.29, 0.717) is 43.3 Å². The highest BCUT2D eigenvalue weighted by Gasteiger charge is 2.30. The lowest BCUT2D eigenvalue weighted by molar-refractivity contribution is -0.138. The van der Waals surface area contributed by atoms with Crippen LogP contribution in [0.25, 0.3) is 32.9 Å². The molecule has 5 aromatic rings. The molecule has 5 N–H and O–H groups in total. The third-order valence-electron chi connectivity index (χ3n) is 9.61. The summed E-state index contributed by atoms with van der Waals surface area (Å²) in [6, 6.07) is 21.7. The number of amides is 2. The van der Waals surface area contributed by atoms with Crippen molar-refractivity contribution >= 4 is 51.2 Å². The molecule has 1 aromatic heterocycles. The molecule has 0 fully saturated rings. The first kappa shape index (κ1) is 32.5. The van der Waals surface area contributed by atoms with Gasteiger partial charge in [-0.3, -0.25) is 19.2 Å². The lowest BCUT2D eigenvalue weighted by Crippen LogP contribution is -2.24. The number of primary amides is 1. The number of aromatic nitrogens is 1. The number of carboxylic acid groups (broad SMARTS) is 2. The monoisotopic (exact) mass is 645 g/mol. The Morgan fingerprint density at radius 1 is 0.854 bits per heavy atom. The summed E-state index contributed by atoms with van der Waals surface area (Å²) in [4.78, 5) is 53.7. The highest BCUT2D eigenvalue weighted by atomic mass is 16.4. The number of hydrogen-bond acceptors (Lipinski definition) is 4. The molecule has 48 heavy (non-hydrogen) atoms. The number of benzene rings is 4. The van der Waals surface area contributed by atoms with Gasteiger partial charge in [-0.2, -0.15) is 0 Å². The van der Waals surface area contributed by atoms with E-state index in [2.05, 4.69) is 11.1 Å². The van der Waals surface area contributed by atoms with Crippen LogP contribution in [0.1, 0.15) is 93.8 Å². The summed E-state index contributed by atoms with van der Waals surface area (Å²) < 4.78 is 0. The third kappa shape index (κ3) is 6.28. The van der Waals surface area contributed by atoms with Crippen molar-refractivity contribution in [2.24, 2.45) is 5.73 Å². The Bertz CT molecular complexity index is 2100. The zero-order valence-electron chi connectivity index (χ0n) is 27.1. The summed E-state index contributed by atoms with van der Waals surface area (Å²) >= 11 is 0. The molecule has 1 atom stereocenters. The normalized spacial score (nSPS) is 13.3. The van der Waals surface area contributed by atoms with Crippen molar-refractivity contribution in [1.82, 2.24) is 4.98 Å². The molecule has 6 rings (SSSR count). The van der Waals surface area contributed by atoms with E-state index in [9.17, 15) is 24.3 Å². The van der Waals surface area contributed by atoms with Gasteiger partial charge in [0.15, 0.2) is 0 Å². The Balaban J connectivity index is 1.42. The van der Waals surface area contributed by atoms with Crippen LogP contribution in [-0.4, -0.2) is 39.0 Å². The number of unbranched alkanes of at least 4 members (excludes halogenated alkanes) is 1. The van der Waals surface area contributed by atoms with Gasteiger partial charge < -0.3 is 25.8 Å². The van der Waals surface area contributed by atoms with E-state index in [0.717, 1.165) is 67.3 Å². The molecule has 246 valence electrons. The SMILES string of the molecule is Cc1ccc2c(c1)C(=O)N(c1cccc(-c3ccc(C(N)=O)c4[nH]c5cc(C(CCCCC(=O)O)CCCC(=O)O)ccc5c34)c1C)C2. The van der Waals surface area contributed by atoms with Crippen molar-refractivity contribution in [2.75, 3.05) is 4.90 Å².